The average molecular weight is 693 g/mol. The zero-order valence-corrected chi connectivity index (χ0v) is 33.0. The van der Waals surface area contributed by atoms with Crippen molar-refractivity contribution in [3.8, 4) is 0 Å². The van der Waals surface area contributed by atoms with Gasteiger partial charge in [0, 0.05) is 18.9 Å². The summed E-state index contributed by atoms with van der Waals surface area (Å²) in [6, 6.07) is 8.75. The molecule has 2 aliphatic heterocycles. The van der Waals surface area contributed by atoms with Crippen molar-refractivity contribution >= 4 is 24.1 Å². The number of carbonyl (C=O) groups is 1. The Hall–Kier alpha value is -1.52. The third kappa shape index (κ3) is 11.0. The summed E-state index contributed by atoms with van der Waals surface area (Å²) in [5, 5.41) is 0.139. The molecule has 1 aromatic rings. The van der Waals surface area contributed by atoms with Crippen molar-refractivity contribution in [1.29, 1.82) is 0 Å². The van der Waals surface area contributed by atoms with Gasteiger partial charge in [0.2, 0.25) is 0 Å². The molecule has 2 saturated heterocycles. The highest BCUT2D eigenvalue weighted by atomic mass is 32.2. The zero-order valence-electron chi connectivity index (χ0n) is 31.1. The van der Waals surface area contributed by atoms with Crippen LogP contribution in [0.4, 0.5) is 0 Å². The first-order valence-corrected chi connectivity index (χ1v) is 22.3. The van der Waals surface area contributed by atoms with Crippen molar-refractivity contribution in [2.24, 2.45) is 29.1 Å². The molecule has 9 heteroatoms. The fourth-order valence-corrected chi connectivity index (χ4v) is 9.29. The molecule has 0 saturated carbocycles. The molecule has 2 aliphatic rings. The highest BCUT2D eigenvalue weighted by molar-refractivity contribution is 7.91. The quantitative estimate of drug-likeness (QED) is 0.0835. The maximum Gasteiger partial charge on any atom is 0.311 e. The van der Waals surface area contributed by atoms with Crippen molar-refractivity contribution in [1.82, 2.24) is 0 Å². The van der Waals surface area contributed by atoms with Gasteiger partial charge in [-0.2, -0.15) is 0 Å². The second-order valence-corrected chi connectivity index (χ2v) is 23.8. The van der Waals surface area contributed by atoms with Gasteiger partial charge in [0.25, 0.3) is 0 Å². The van der Waals surface area contributed by atoms with Crippen molar-refractivity contribution in [3.63, 3.8) is 0 Å². The summed E-state index contributed by atoms with van der Waals surface area (Å²) < 4.78 is 52.9. The number of carbonyl (C=O) groups excluding carboxylic acids is 1. The van der Waals surface area contributed by atoms with Crippen LogP contribution in [-0.4, -0.2) is 66.1 Å². The topological polar surface area (TPSA) is 88.1 Å². The molecule has 8 atom stereocenters. The van der Waals surface area contributed by atoms with Crippen LogP contribution >= 0.6 is 0 Å². The predicted octanol–water partition coefficient (Wildman–Crippen LogP) is 8.64. The molecular formula is C38H64O7SSi. The zero-order chi connectivity index (χ0) is 35.4. The molecule has 7 nitrogen and oxygen atoms in total. The summed E-state index contributed by atoms with van der Waals surface area (Å²) in [4.78, 5) is 12.5. The van der Waals surface area contributed by atoms with E-state index >= 15 is 0 Å². The molecule has 268 valence electrons. The molecular weight excluding hydrogens is 629 g/mol. The van der Waals surface area contributed by atoms with Crippen molar-refractivity contribution in [3.05, 3.63) is 42.5 Å². The highest BCUT2D eigenvalue weighted by Gasteiger charge is 2.46. The van der Waals surface area contributed by atoms with Crippen LogP contribution in [0.3, 0.4) is 0 Å². The van der Waals surface area contributed by atoms with Gasteiger partial charge in [-0.15, -0.1) is 0 Å². The first-order valence-electron chi connectivity index (χ1n) is 17.7. The maximum atomic E-state index is 13.7. The molecule has 0 aliphatic carbocycles. The van der Waals surface area contributed by atoms with Crippen LogP contribution in [0.25, 0.3) is 0 Å². The van der Waals surface area contributed by atoms with E-state index in [2.05, 4.69) is 61.2 Å². The van der Waals surface area contributed by atoms with Crippen LogP contribution < -0.4 is 0 Å². The van der Waals surface area contributed by atoms with Gasteiger partial charge in [0.1, 0.15) is 0 Å². The van der Waals surface area contributed by atoms with E-state index < -0.39 is 23.6 Å². The third-order valence-corrected chi connectivity index (χ3v) is 17.1. The Morgan fingerprint density at radius 3 is 2.28 bits per heavy atom. The van der Waals surface area contributed by atoms with Gasteiger partial charge in [-0.05, 0) is 100 Å². The first-order chi connectivity index (χ1) is 21.6. The van der Waals surface area contributed by atoms with Gasteiger partial charge in [-0.25, -0.2) is 8.42 Å². The Bertz CT molecular complexity index is 1280. The van der Waals surface area contributed by atoms with Gasteiger partial charge >= 0.3 is 5.97 Å². The van der Waals surface area contributed by atoms with E-state index in [0.717, 1.165) is 31.3 Å². The molecule has 3 rings (SSSR count). The first kappa shape index (κ1) is 39.9. The summed E-state index contributed by atoms with van der Waals surface area (Å²) in [6.45, 7) is 28.9. The van der Waals surface area contributed by atoms with Crippen LogP contribution in [0.1, 0.15) is 94.4 Å². The Morgan fingerprint density at radius 1 is 1.04 bits per heavy atom. The van der Waals surface area contributed by atoms with E-state index in [1.165, 1.54) is 0 Å². The monoisotopic (exact) mass is 692 g/mol. The lowest BCUT2D eigenvalue weighted by Gasteiger charge is -2.38. The van der Waals surface area contributed by atoms with Crippen LogP contribution in [0.2, 0.25) is 18.1 Å². The Kier molecular flexibility index (Phi) is 13.6. The minimum absolute atomic E-state index is 0.0162. The Balaban J connectivity index is 1.73. The number of ether oxygens (including phenoxy) is 3. The molecule has 2 fully saturated rings. The average Bonchev–Trinajstić information content (AvgIpc) is 3.24. The molecule has 0 aromatic heterocycles. The summed E-state index contributed by atoms with van der Waals surface area (Å²) >= 11 is 0. The Morgan fingerprint density at radius 2 is 1.68 bits per heavy atom. The number of sulfone groups is 1. The number of hydrogen-bond acceptors (Lipinski definition) is 7. The Labute approximate surface area is 287 Å². The third-order valence-electron chi connectivity index (χ3n) is 10.8. The summed E-state index contributed by atoms with van der Waals surface area (Å²) in [5.41, 5.74) is 0.524. The largest absolute Gasteiger partial charge is 0.465 e. The number of esters is 1. The van der Waals surface area contributed by atoms with E-state index in [0.29, 0.717) is 24.5 Å². The number of benzene rings is 1. The summed E-state index contributed by atoms with van der Waals surface area (Å²) in [7, 11) is -5.40. The van der Waals surface area contributed by atoms with Crippen LogP contribution in [0.15, 0.2) is 47.4 Å². The summed E-state index contributed by atoms with van der Waals surface area (Å²) in [6.07, 6.45) is 3.21. The van der Waals surface area contributed by atoms with E-state index in [9.17, 15) is 13.2 Å². The number of hydrogen-bond donors (Lipinski definition) is 0. The standard InChI is InChI=1S/C38H64O7SSi/c1-26(24-43-47(11,12)38(8,9)10)21-33-29(4)32(25-46(40,41)31-18-14-13-15-19-31)35(45-33)23-34-28(3)27(2)22-30(44-34)17-16-20-42-36(39)37(5,6)7/h13-15,18-19,26-27,29-30,32-35H,3,16-17,20-25H2,1-2,4-12H3/t26-,27+,29+,30-,32?,33+,34?,35-/m0/s1. The molecule has 2 unspecified atom stereocenters. The molecule has 0 amide bonds. The maximum absolute atomic E-state index is 13.7. The van der Waals surface area contributed by atoms with E-state index in [4.69, 9.17) is 18.6 Å². The molecule has 2 heterocycles. The smallest absolute Gasteiger partial charge is 0.311 e. The van der Waals surface area contributed by atoms with Gasteiger partial charge in [0.05, 0.1) is 47.1 Å². The molecule has 0 bridgehead atoms. The van der Waals surface area contributed by atoms with Crippen molar-refractivity contribution < 1.29 is 31.8 Å². The van der Waals surface area contributed by atoms with Gasteiger partial charge in [-0.3, -0.25) is 4.79 Å². The summed E-state index contributed by atoms with van der Waals surface area (Å²) in [5.74, 6) is 0.259. The van der Waals surface area contributed by atoms with Gasteiger partial charge in [0.15, 0.2) is 18.2 Å². The van der Waals surface area contributed by atoms with Crippen LogP contribution in [0, 0.1) is 29.1 Å². The minimum Gasteiger partial charge on any atom is -0.465 e. The lowest BCUT2D eigenvalue weighted by molar-refractivity contribution is -0.153. The number of rotatable bonds is 14. The molecule has 0 spiro atoms. The van der Waals surface area contributed by atoms with E-state index in [1.807, 2.05) is 26.8 Å². The predicted molar refractivity (Wildman–Crippen MR) is 193 cm³/mol. The van der Waals surface area contributed by atoms with Crippen molar-refractivity contribution in [2.75, 3.05) is 19.0 Å². The lowest BCUT2D eigenvalue weighted by Crippen LogP contribution is -2.42. The normalized spacial score (nSPS) is 28.3. The molecule has 47 heavy (non-hydrogen) atoms. The second kappa shape index (κ2) is 16.0. The fourth-order valence-electron chi connectivity index (χ4n) is 6.37. The minimum atomic E-state index is -3.52. The lowest BCUT2D eigenvalue weighted by atomic mass is 9.82. The fraction of sp³-hybridized carbons (Fsp3) is 0.763. The second-order valence-electron chi connectivity index (χ2n) is 17.0. The van der Waals surface area contributed by atoms with Crippen LogP contribution in [-0.2, 0) is 33.3 Å². The molecule has 0 N–H and O–H groups in total. The van der Waals surface area contributed by atoms with E-state index in [1.54, 1.807) is 24.3 Å². The van der Waals surface area contributed by atoms with Crippen LogP contribution in [0.5, 0.6) is 0 Å². The molecule has 1 aromatic carbocycles. The van der Waals surface area contributed by atoms with Gasteiger partial charge in [-0.1, -0.05) is 66.3 Å². The highest BCUT2D eigenvalue weighted by Crippen LogP contribution is 2.43. The van der Waals surface area contributed by atoms with Crippen molar-refractivity contribution in [2.45, 2.75) is 142 Å². The van der Waals surface area contributed by atoms with Gasteiger partial charge < -0.3 is 18.6 Å². The van der Waals surface area contributed by atoms with E-state index in [-0.39, 0.29) is 64.8 Å². The molecule has 0 radical (unpaired) electrons. The SMILES string of the molecule is C=C1C(C[C@@H]2O[C@H](C[C@H](C)CO[Si](C)(C)C(C)(C)C)[C@H](C)C2CS(=O)(=O)c2ccccc2)O[C@@H](CCCOC(=O)C(C)(C)C)C[C@H]1C.